The standard InChI is InChI=1S/C18H21N5/c1-14(2)22-8-10-23(11-9-22)18-16(13-19)12-17(20-21-18)15-6-4-3-5-7-15/h3-7,12,14H,8-11H2,1-2H3. The summed E-state index contributed by atoms with van der Waals surface area (Å²) in [5.41, 5.74) is 2.32. The molecule has 1 aromatic carbocycles. The van der Waals surface area contributed by atoms with Gasteiger partial charge in [-0.15, -0.1) is 10.2 Å². The van der Waals surface area contributed by atoms with Crippen LogP contribution in [0.25, 0.3) is 11.3 Å². The molecule has 3 rings (SSSR count). The molecule has 5 heteroatoms. The van der Waals surface area contributed by atoms with Crippen LogP contribution in [0.2, 0.25) is 0 Å². The molecule has 1 fully saturated rings. The first-order valence-electron chi connectivity index (χ1n) is 8.01. The molecule has 0 atom stereocenters. The minimum atomic E-state index is 0.555. The lowest BCUT2D eigenvalue weighted by Gasteiger charge is -2.37. The Morgan fingerprint density at radius 2 is 1.74 bits per heavy atom. The second-order valence-electron chi connectivity index (χ2n) is 6.06. The molecule has 5 nitrogen and oxygen atoms in total. The minimum absolute atomic E-state index is 0.555. The molecule has 0 aliphatic carbocycles. The summed E-state index contributed by atoms with van der Waals surface area (Å²) in [6, 6.07) is 14.5. The molecule has 2 heterocycles. The summed E-state index contributed by atoms with van der Waals surface area (Å²) in [6.07, 6.45) is 0. The van der Waals surface area contributed by atoms with Gasteiger partial charge in [-0.3, -0.25) is 4.90 Å². The number of nitrogens with zero attached hydrogens (tertiary/aromatic N) is 5. The maximum atomic E-state index is 9.51. The monoisotopic (exact) mass is 307 g/mol. The quantitative estimate of drug-likeness (QED) is 0.872. The fourth-order valence-corrected chi connectivity index (χ4v) is 2.90. The lowest BCUT2D eigenvalue weighted by Crippen LogP contribution is -2.49. The highest BCUT2D eigenvalue weighted by Gasteiger charge is 2.22. The van der Waals surface area contributed by atoms with Crippen molar-refractivity contribution < 1.29 is 0 Å². The van der Waals surface area contributed by atoms with Gasteiger partial charge in [0.15, 0.2) is 5.82 Å². The van der Waals surface area contributed by atoms with E-state index in [1.54, 1.807) is 0 Å². The second kappa shape index (κ2) is 6.76. The first-order chi connectivity index (χ1) is 11.2. The maximum absolute atomic E-state index is 9.51. The van der Waals surface area contributed by atoms with Gasteiger partial charge in [-0.25, -0.2) is 0 Å². The Morgan fingerprint density at radius 3 is 2.35 bits per heavy atom. The van der Waals surface area contributed by atoms with E-state index >= 15 is 0 Å². The number of benzene rings is 1. The number of anilines is 1. The predicted molar refractivity (Wildman–Crippen MR) is 91.1 cm³/mol. The van der Waals surface area contributed by atoms with Crippen molar-refractivity contribution >= 4 is 5.82 Å². The molecule has 0 radical (unpaired) electrons. The van der Waals surface area contributed by atoms with Crippen LogP contribution in [0.4, 0.5) is 5.82 Å². The molecule has 1 aromatic heterocycles. The lowest BCUT2D eigenvalue weighted by atomic mass is 10.1. The Balaban J connectivity index is 1.83. The van der Waals surface area contributed by atoms with Gasteiger partial charge in [0.25, 0.3) is 0 Å². The van der Waals surface area contributed by atoms with Gasteiger partial charge in [0, 0.05) is 37.8 Å². The predicted octanol–water partition coefficient (Wildman–Crippen LogP) is 2.55. The molecular weight excluding hydrogens is 286 g/mol. The summed E-state index contributed by atoms with van der Waals surface area (Å²) in [5, 5.41) is 18.2. The topological polar surface area (TPSA) is 56.1 Å². The third-order valence-electron chi connectivity index (χ3n) is 4.31. The summed E-state index contributed by atoms with van der Waals surface area (Å²) in [6.45, 7) is 8.17. The summed E-state index contributed by atoms with van der Waals surface area (Å²) < 4.78 is 0. The highest BCUT2D eigenvalue weighted by molar-refractivity contribution is 5.64. The van der Waals surface area contributed by atoms with Gasteiger partial charge in [-0.1, -0.05) is 30.3 Å². The lowest BCUT2D eigenvalue weighted by molar-refractivity contribution is 0.209. The first kappa shape index (κ1) is 15.4. The molecular formula is C18H21N5. The molecule has 0 amide bonds. The molecule has 0 N–H and O–H groups in total. The average molecular weight is 307 g/mol. The number of hydrogen-bond donors (Lipinski definition) is 0. The fraction of sp³-hybridized carbons (Fsp3) is 0.389. The van der Waals surface area contributed by atoms with Crippen molar-refractivity contribution in [2.75, 3.05) is 31.1 Å². The van der Waals surface area contributed by atoms with Gasteiger partial charge in [-0.2, -0.15) is 5.26 Å². The van der Waals surface area contributed by atoms with Gasteiger partial charge in [0.1, 0.15) is 6.07 Å². The Labute approximate surface area is 137 Å². The molecule has 0 saturated carbocycles. The van der Waals surface area contributed by atoms with Crippen LogP contribution in [0, 0.1) is 11.3 Å². The van der Waals surface area contributed by atoms with Crippen LogP contribution in [0.5, 0.6) is 0 Å². The Bertz CT molecular complexity index is 697. The van der Waals surface area contributed by atoms with Crippen molar-refractivity contribution in [1.29, 1.82) is 5.26 Å². The Morgan fingerprint density at radius 1 is 1.04 bits per heavy atom. The van der Waals surface area contributed by atoms with E-state index in [1.807, 2.05) is 36.4 Å². The van der Waals surface area contributed by atoms with Crippen LogP contribution in [0.15, 0.2) is 36.4 Å². The van der Waals surface area contributed by atoms with Crippen molar-refractivity contribution in [1.82, 2.24) is 15.1 Å². The van der Waals surface area contributed by atoms with Crippen LogP contribution >= 0.6 is 0 Å². The van der Waals surface area contributed by atoms with E-state index in [4.69, 9.17) is 0 Å². The normalized spacial score (nSPS) is 15.7. The third kappa shape index (κ3) is 3.33. The van der Waals surface area contributed by atoms with Crippen LogP contribution < -0.4 is 4.90 Å². The largest absolute Gasteiger partial charge is 0.351 e. The van der Waals surface area contributed by atoms with Crippen molar-refractivity contribution in [3.63, 3.8) is 0 Å². The molecule has 1 saturated heterocycles. The zero-order valence-corrected chi connectivity index (χ0v) is 13.6. The fourth-order valence-electron chi connectivity index (χ4n) is 2.90. The summed E-state index contributed by atoms with van der Waals surface area (Å²) >= 11 is 0. The van der Waals surface area contributed by atoms with E-state index < -0.39 is 0 Å². The molecule has 0 unspecified atom stereocenters. The van der Waals surface area contributed by atoms with Crippen LogP contribution in [0.1, 0.15) is 19.4 Å². The smallest absolute Gasteiger partial charge is 0.169 e. The Kier molecular flexibility index (Phi) is 4.54. The van der Waals surface area contributed by atoms with Crippen molar-refractivity contribution in [2.24, 2.45) is 0 Å². The maximum Gasteiger partial charge on any atom is 0.169 e. The van der Waals surface area contributed by atoms with Crippen molar-refractivity contribution in [2.45, 2.75) is 19.9 Å². The highest BCUT2D eigenvalue weighted by Crippen LogP contribution is 2.23. The van der Waals surface area contributed by atoms with E-state index in [9.17, 15) is 5.26 Å². The number of piperazine rings is 1. The van der Waals surface area contributed by atoms with Gasteiger partial charge in [-0.05, 0) is 19.9 Å². The van der Waals surface area contributed by atoms with Gasteiger partial charge in [0.05, 0.1) is 11.3 Å². The summed E-state index contributed by atoms with van der Waals surface area (Å²) in [5.74, 6) is 0.704. The van der Waals surface area contributed by atoms with E-state index in [0.29, 0.717) is 17.4 Å². The second-order valence-corrected chi connectivity index (χ2v) is 6.06. The number of nitriles is 1. The van der Waals surface area contributed by atoms with E-state index in [2.05, 4.69) is 39.9 Å². The zero-order chi connectivity index (χ0) is 16.2. The number of aromatic nitrogens is 2. The van der Waals surface area contributed by atoms with Gasteiger partial charge >= 0.3 is 0 Å². The van der Waals surface area contributed by atoms with E-state index in [-0.39, 0.29) is 0 Å². The van der Waals surface area contributed by atoms with Crippen LogP contribution in [-0.4, -0.2) is 47.3 Å². The number of rotatable bonds is 3. The number of hydrogen-bond acceptors (Lipinski definition) is 5. The highest BCUT2D eigenvalue weighted by atomic mass is 15.3. The van der Waals surface area contributed by atoms with Crippen molar-refractivity contribution in [3.05, 3.63) is 42.0 Å². The molecule has 118 valence electrons. The minimum Gasteiger partial charge on any atom is -0.351 e. The van der Waals surface area contributed by atoms with Crippen molar-refractivity contribution in [3.8, 4) is 17.3 Å². The molecule has 23 heavy (non-hydrogen) atoms. The molecule has 1 aliphatic rings. The van der Waals surface area contributed by atoms with Crippen LogP contribution in [-0.2, 0) is 0 Å². The zero-order valence-electron chi connectivity index (χ0n) is 13.6. The van der Waals surface area contributed by atoms with Gasteiger partial charge in [0.2, 0.25) is 0 Å². The van der Waals surface area contributed by atoms with E-state index in [0.717, 1.165) is 37.4 Å². The van der Waals surface area contributed by atoms with Gasteiger partial charge < -0.3 is 4.90 Å². The summed E-state index contributed by atoms with van der Waals surface area (Å²) in [4.78, 5) is 4.60. The van der Waals surface area contributed by atoms with Crippen LogP contribution in [0.3, 0.4) is 0 Å². The molecule has 0 bridgehead atoms. The third-order valence-corrected chi connectivity index (χ3v) is 4.31. The Hall–Kier alpha value is -2.45. The van der Waals surface area contributed by atoms with E-state index in [1.165, 1.54) is 0 Å². The first-order valence-corrected chi connectivity index (χ1v) is 8.01. The average Bonchev–Trinajstić information content (AvgIpc) is 2.62. The molecule has 0 spiro atoms. The molecule has 1 aliphatic heterocycles. The SMILES string of the molecule is CC(C)N1CCN(c2nnc(-c3ccccc3)cc2C#N)CC1. The molecule has 2 aromatic rings. The summed E-state index contributed by atoms with van der Waals surface area (Å²) in [7, 11) is 0.